The smallest absolute Gasteiger partial charge is 0.343 e. The number of aryl methyl sites for hydroxylation is 1. The van der Waals surface area contributed by atoms with Crippen LogP contribution in [0.2, 0.25) is 0 Å². The predicted octanol–water partition coefficient (Wildman–Crippen LogP) is 9.25. The summed E-state index contributed by atoms with van der Waals surface area (Å²) in [5.74, 6) is 1.91. The number of rotatable bonds is 22. The summed E-state index contributed by atoms with van der Waals surface area (Å²) in [6.07, 6.45) is 13.8. The normalized spacial score (nSPS) is 11.2. The van der Waals surface area contributed by atoms with E-state index in [4.69, 9.17) is 23.7 Å². The lowest BCUT2D eigenvalue weighted by Gasteiger charge is -2.26. The number of unbranched alkanes of at least 4 members (excludes halogenated alkanes) is 6. The zero-order valence-electron chi connectivity index (χ0n) is 29.1. The highest BCUT2D eigenvalue weighted by molar-refractivity contribution is 8.35. The van der Waals surface area contributed by atoms with Crippen molar-refractivity contribution in [3.8, 4) is 23.0 Å². The molecule has 3 aromatic carbocycles. The SMILES string of the molecule is C=CC(=O)OCCCCCCOc1ccc(C(=O)Oc2ccc(OC(=O)c3ccc(OCCCCCCS(C)(C)C=C)cc3)c(C)c2)cc1. The Morgan fingerprint density at radius 1 is 0.633 bits per heavy atom. The summed E-state index contributed by atoms with van der Waals surface area (Å²) < 4.78 is 27.7. The van der Waals surface area contributed by atoms with Crippen molar-refractivity contribution < 1.29 is 38.1 Å². The van der Waals surface area contributed by atoms with Gasteiger partial charge in [0.25, 0.3) is 0 Å². The molecule has 9 heteroatoms. The molecule has 0 saturated heterocycles. The predicted molar refractivity (Wildman–Crippen MR) is 198 cm³/mol. The topological polar surface area (TPSA) is 97.4 Å². The summed E-state index contributed by atoms with van der Waals surface area (Å²) in [4.78, 5) is 36.5. The van der Waals surface area contributed by atoms with Crippen LogP contribution in [0.15, 0.2) is 91.4 Å². The van der Waals surface area contributed by atoms with E-state index < -0.39 is 27.9 Å². The zero-order valence-corrected chi connectivity index (χ0v) is 29.9. The molecular weight excluding hydrogens is 640 g/mol. The van der Waals surface area contributed by atoms with Gasteiger partial charge < -0.3 is 23.7 Å². The molecule has 0 N–H and O–H groups in total. The Kier molecular flexibility index (Phi) is 16.5. The fourth-order valence-corrected chi connectivity index (χ4v) is 5.80. The molecule has 0 saturated carbocycles. The first-order chi connectivity index (χ1) is 23.6. The lowest BCUT2D eigenvalue weighted by molar-refractivity contribution is -0.137. The maximum atomic E-state index is 12.8. The monoisotopic (exact) mass is 690 g/mol. The van der Waals surface area contributed by atoms with Crippen molar-refractivity contribution in [3.63, 3.8) is 0 Å². The van der Waals surface area contributed by atoms with Gasteiger partial charge in [-0.15, -0.1) is 0 Å². The highest BCUT2D eigenvalue weighted by Crippen LogP contribution is 2.41. The van der Waals surface area contributed by atoms with Crippen molar-refractivity contribution in [3.05, 3.63) is 108 Å². The van der Waals surface area contributed by atoms with Gasteiger partial charge in [-0.1, -0.05) is 31.4 Å². The van der Waals surface area contributed by atoms with Gasteiger partial charge in [0.2, 0.25) is 0 Å². The van der Waals surface area contributed by atoms with Gasteiger partial charge >= 0.3 is 17.9 Å². The molecule has 0 aliphatic carbocycles. The van der Waals surface area contributed by atoms with E-state index >= 15 is 0 Å². The Hall–Kier alpha value is -4.50. The Morgan fingerprint density at radius 2 is 1.12 bits per heavy atom. The van der Waals surface area contributed by atoms with Crippen LogP contribution in [0.1, 0.15) is 77.6 Å². The zero-order chi connectivity index (χ0) is 35.5. The van der Waals surface area contributed by atoms with Crippen molar-refractivity contribution in [1.29, 1.82) is 0 Å². The highest BCUT2D eigenvalue weighted by Gasteiger charge is 2.14. The van der Waals surface area contributed by atoms with E-state index in [-0.39, 0.29) is 0 Å². The van der Waals surface area contributed by atoms with Crippen LogP contribution in [0.5, 0.6) is 23.0 Å². The van der Waals surface area contributed by atoms with Crippen LogP contribution in [-0.2, 0) is 9.53 Å². The van der Waals surface area contributed by atoms with Crippen molar-refractivity contribution in [1.82, 2.24) is 0 Å². The third kappa shape index (κ3) is 14.7. The van der Waals surface area contributed by atoms with Crippen molar-refractivity contribution in [2.75, 3.05) is 38.1 Å². The molecule has 0 fully saturated rings. The number of hydrogen-bond acceptors (Lipinski definition) is 8. The fraction of sp³-hybridized carbons (Fsp3) is 0.375. The van der Waals surface area contributed by atoms with Gasteiger partial charge in [0, 0.05) is 6.08 Å². The molecule has 0 unspecified atom stereocenters. The molecule has 0 aromatic heterocycles. The summed E-state index contributed by atoms with van der Waals surface area (Å²) in [7, 11) is -0.647. The van der Waals surface area contributed by atoms with Crippen LogP contribution < -0.4 is 18.9 Å². The summed E-state index contributed by atoms with van der Waals surface area (Å²) in [5, 5.41) is 2.11. The van der Waals surface area contributed by atoms with Gasteiger partial charge in [-0.2, -0.15) is 0 Å². The molecule has 0 spiro atoms. The Balaban J connectivity index is 1.36. The fourth-order valence-electron chi connectivity index (χ4n) is 4.68. The van der Waals surface area contributed by atoms with Gasteiger partial charge in [-0.3, -0.25) is 0 Å². The van der Waals surface area contributed by atoms with E-state index in [0.717, 1.165) is 44.6 Å². The molecule has 0 aliphatic heterocycles. The Morgan fingerprint density at radius 3 is 1.63 bits per heavy atom. The number of hydrogen-bond donors (Lipinski definition) is 0. The Bertz CT molecular complexity index is 1510. The van der Waals surface area contributed by atoms with Crippen molar-refractivity contribution in [2.24, 2.45) is 0 Å². The van der Waals surface area contributed by atoms with E-state index in [1.165, 1.54) is 18.6 Å². The summed E-state index contributed by atoms with van der Waals surface area (Å²) in [5.41, 5.74) is 1.44. The average Bonchev–Trinajstić information content (AvgIpc) is 3.10. The first-order valence-corrected chi connectivity index (χ1v) is 19.4. The lowest BCUT2D eigenvalue weighted by Crippen LogP contribution is -2.10. The van der Waals surface area contributed by atoms with Crippen LogP contribution in [0, 0.1) is 6.92 Å². The minimum Gasteiger partial charge on any atom is -0.494 e. The Labute approximate surface area is 292 Å². The van der Waals surface area contributed by atoms with Crippen LogP contribution in [-0.4, -0.2) is 56.0 Å². The number of benzene rings is 3. The van der Waals surface area contributed by atoms with Crippen molar-refractivity contribution >= 4 is 27.9 Å². The van der Waals surface area contributed by atoms with Gasteiger partial charge in [-0.05, 0) is 136 Å². The van der Waals surface area contributed by atoms with Gasteiger partial charge in [-0.25, -0.2) is 24.4 Å². The molecule has 0 aliphatic rings. The first kappa shape index (κ1) is 38.9. The van der Waals surface area contributed by atoms with E-state index in [1.54, 1.807) is 73.7 Å². The molecule has 49 heavy (non-hydrogen) atoms. The molecule has 0 radical (unpaired) electrons. The molecular formula is C40H50O8S. The van der Waals surface area contributed by atoms with Crippen LogP contribution in [0.4, 0.5) is 0 Å². The minimum atomic E-state index is -0.647. The third-order valence-electron chi connectivity index (χ3n) is 7.74. The van der Waals surface area contributed by atoms with Gasteiger partial charge in [0.15, 0.2) is 0 Å². The summed E-state index contributed by atoms with van der Waals surface area (Å²) in [6, 6.07) is 18.5. The van der Waals surface area contributed by atoms with Gasteiger partial charge in [0.05, 0.1) is 30.9 Å². The van der Waals surface area contributed by atoms with E-state index in [1.807, 2.05) is 0 Å². The van der Waals surface area contributed by atoms with E-state index in [0.29, 0.717) is 59.5 Å². The lowest BCUT2D eigenvalue weighted by atomic mass is 10.2. The number of carbonyl (C=O) groups excluding carboxylic acids is 3. The minimum absolute atomic E-state index is 0.338. The highest BCUT2D eigenvalue weighted by atomic mass is 32.3. The third-order valence-corrected chi connectivity index (χ3v) is 9.99. The van der Waals surface area contributed by atoms with E-state index in [2.05, 4.69) is 31.1 Å². The van der Waals surface area contributed by atoms with Crippen LogP contribution >= 0.6 is 10.0 Å². The summed E-state index contributed by atoms with van der Waals surface area (Å²) in [6.45, 7) is 10.7. The van der Waals surface area contributed by atoms with Gasteiger partial charge in [0.1, 0.15) is 23.0 Å². The maximum absolute atomic E-state index is 12.8. The summed E-state index contributed by atoms with van der Waals surface area (Å²) >= 11 is 0. The quantitative estimate of drug-likeness (QED) is 0.0446. The number of carbonyl (C=O) groups is 3. The molecule has 0 bridgehead atoms. The second-order valence-corrected chi connectivity index (χ2v) is 16.1. The molecule has 264 valence electrons. The molecule has 3 rings (SSSR count). The molecule has 0 atom stereocenters. The van der Waals surface area contributed by atoms with Crippen LogP contribution in [0.25, 0.3) is 0 Å². The second kappa shape index (κ2) is 20.8. The first-order valence-electron chi connectivity index (χ1n) is 16.7. The standard InChI is InChI=1S/C40H50O8S/c1-6-38(41)46-28-14-9-8-12-26-44-34-20-16-32(17-21-34)39(42)47-36-24-25-37(31(3)30-36)48-40(43)33-18-22-35(23-19-33)45-27-13-10-11-15-29-49(4,5)7-2/h6-7,16-25,30H,1-2,8-15,26-29H2,3-5H3. The number of esters is 3. The van der Waals surface area contributed by atoms with Crippen molar-refractivity contribution in [2.45, 2.75) is 58.3 Å². The maximum Gasteiger partial charge on any atom is 0.343 e. The second-order valence-electron chi connectivity index (χ2n) is 12.1. The molecule has 0 amide bonds. The average molecular weight is 691 g/mol. The number of ether oxygens (including phenoxy) is 5. The molecule has 0 heterocycles. The largest absolute Gasteiger partial charge is 0.494 e. The molecule has 3 aromatic rings. The van der Waals surface area contributed by atoms with E-state index in [9.17, 15) is 14.4 Å². The molecule has 8 nitrogen and oxygen atoms in total. The van der Waals surface area contributed by atoms with Crippen LogP contribution in [0.3, 0.4) is 0 Å².